The van der Waals surface area contributed by atoms with Crippen LogP contribution in [0.1, 0.15) is 26.7 Å². The Morgan fingerprint density at radius 2 is 0.902 bits per heavy atom. The smallest absolute Gasteiger partial charge is 0.333 e. The molecule has 0 aliphatic carbocycles. The summed E-state index contributed by atoms with van der Waals surface area (Å²) in [7, 11) is -6.44. The van der Waals surface area contributed by atoms with Crippen molar-refractivity contribution in [2.75, 3.05) is 39.4 Å². The van der Waals surface area contributed by atoms with Crippen LogP contribution in [0.5, 0.6) is 0 Å². The summed E-state index contributed by atoms with van der Waals surface area (Å²) in [6.45, 7) is 24.6. The molecule has 0 atom stereocenters. The molecule has 0 radical (unpaired) electrons. The lowest BCUT2D eigenvalue weighted by molar-refractivity contribution is -0.139. The summed E-state index contributed by atoms with van der Waals surface area (Å²) in [5, 5.41) is 10.9. The van der Waals surface area contributed by atoms with Gasteiger partial charge in [0.25, 0.3) is 0 Å². The van der Waals surface area contributed by atoms with Crippen molar-refractivity contribution < 1.29 is 36.9 Å². The molecular weight excluding hydrogens is 581 g/mol. The molecule has 4 amide bonds. The largest absolute Gasteiger partial charge is 0.460 e. The second-order valence-electron chi connectivity index (χ2n) is 11.5. The van der Waals surface area contributed by atoms with Crippen molar-refractivity contribution >= 4 is 49.2 Å². The number of esters is 2. The van der Waals surface area contributed by atoms with Crippen LogP contribution in [0.3, 0.4) is 0 Å². The lowest BCUT2D eigenvalue weighted by Crippen LogP contribution is -2.52. The molecule has 0 aromatic carbocycles. The van der Waals surface area contributed by atoms with E-state index in [2.05, 4.69) is 73.7 Å². The maximum atomic E-state index is 11.9. The normalized spacial score (nSPS) is 11.7. The van der Waals surface area contributed by atoms with E-state index in [9.17, 15) is 19.2 Å². The summed E-state index contributed by atoms with van der Waals surface area (Å²) in [6.07, 6.45) is 1.57. The number of hydrogen-bond acceptors (Lipinski definition) is 8. The fourth-order valence-electron chi connectivity index (χ4n) is 3.87. The maximum Gasteiger partial charge on any atom is 0.333 e. The van der Waals surface area contributed by atoms with Crippen LogP contribution in [-0.4, -0.2) is 88.6 Å². The molecule has 15 heteroatoms. The summed E-state index contributed by atoms with van der Waals surface area (Å²) in [5.74, 6) is -0.952. The highest BCUT2D eigenvalue weighted by Crippen LogP contribution is 2.25. The second kappa shape index (κ2) is 18.9. The molecule has 0 bridgehead atoms. The molecule has 236 valence electrons. The standard InChI is InChI=1S/C26H52N4O8Si3/c1-21(2)23(31)35-17-15-29-25(33)27-13-11-19-39(5,6)37-41(9,10)38-40(7,8)20-12-14-28-26(34)30-16-18-36-24(32)22(3)4/h1,3,11-20H2,2,4-10H3,(H2,27,29,33)(H2,28,30,34). The van der Waals surface area contributed by atoms with E-state index in [0.717, 1.165) is 24.9 Å². The van der Waals surface area contributed by atoms with Gasteiger partial charge in [0, 0.05) is 24.2 Å². The Morgan fingerprint density at radius 1 is 0.585 bits per heavy atom. The first-order valence-electron chi connectivity index (χ1n) is 13.9. The van der Waals surface area contributed by atoms with Crippen LogP contribution in [0.4, 0.5) is 9.59 Å². The van der Waals surface area contributed by atoms with Crippen LogP contribution in [0.25, 0.3) is 0 Å². The Labute approximate surface area is 248 Å². The number of ether oxygens (including phenoxy) is 2. The Balaban J connectivity index is 4.24. The molecule has 0 rings (SSSR count). The fourth-order valence-corrected chi connectivity index (χ4v) is 17.9. The Morgan fingerprint density at radius 3 is 1.22 bits per heavy atom. The number of carbonyl (C=O) groups is 4. The topological polar surface area (TPSA) is 153 Å². The third-order valence-corrected chi connectivity index (χ3v) is 16.9. The molecule has 4 N–H and O–H groups in total. The third-order valence-electron chi connectivity index (χ3n) is 5.46. The molecule has 0 saturated carbocycles. The van der Waals surface area contributed by atoms with E-state index in [0.29, 0.717) is 24.2 Å². The van der Waals surface area contributed by atoms with Gasteiger partial charge in [-0.3, -0.25) is 0 Å². The van der Waals surface area contributed by atoms with Crippen LogP contribution in [0, 0.1) is 0 Å². The average molecular weight is 633 g/mol. The molecule has 0 aliphatic rings. The molecule has 0 fully saturated rings. The van der Waals surface area contributed by atoms with E-state index in [1.165, 1.54) is 0 Å². The van der Waals surface area contributed by atoms with Gasteiger partial charge in [-0.2, -0.15) is 0 Å². The lowest BCUT2D eigenvalue weighted by atomic mass is 10.4. The van der Waals surface area contributed by atoms with Crippen molar-refractivity contribution in [2.45, 2.75) is 78.1 Å². The minimum atomic E-state index is -2.39. The number of rotatable bonds is 20. The summed E-state index contributed by atoms with van der Waals surface area (Å²) in [5.41, 5.74) is 0.637. The van der Waals surface area contributed by atoms with Crippen molar-refractivity contribution in [1.82, 2.24) is 21.3 Å². The number of nitrogens with one attached hydrogen (secondary N) is 4. The zero-order valence-electron chi connectivity index (χ0n) is 26.3. The van der Waals surface area contributed by atoms with Crippen molar-refractivity contribution in [1.29, 1.82) is 0 Å². The van der Waals surface area contributed by atoms with Gasteiger partial charge in [0.15, 0.2) is 16.6 Å². The number of carbonyl (C=O) groups excluding carboxylic acids is 4. The van der Waals surface area contributed by atoms with E-state index in [-0.39, 0.29) is 38.4 Å². The first-order chi connectivity index (χ1) is 18.9. The highest BCUT2D eigenvalue weighted by molar-refractivity contribution is 6.87. The molecule has 0 aromatic rings. The number of urea groups is 2. The van der Waals surface area contributed by atoms with Crippen molar-refractivity contribution in [3.05, 3.63) is 24.3 Å². The third kappa shape index (κ3) is 21.0. The molecule has 0 aromatic heterocycles. The summed E-state index contributed by atoms with van der Waals surface area (Å²) < 4.78 is 23.1. The summed E-state index contributed by atoms with van der Waals surface area (Å²) in [6, 6.07) is 1.13. The minimum Gasteiger partial charge on any atom is -0.460 e. The van der Waals surface area contributed by atoms with Crippen LogP contribution >= 0.6 is 0 Å². The monoisotopic (exact) mass is 632 g/mol. The van der Waals surface area contributed by atoms with Gasteiger partial charge in [0.2, 0.25) is 0 Å². The van der Waals surface area contributed by atoms with Crippen LogP contribution in [0.15, 0.2) is 24.3 Å². The average Bonchev–Trinajstić information content (AvgIpc) is 2.83. The van der Waals surface area contributed by atoms with Gasteiger partial charge >= 0.3 is 32.6 Å². The molecule has 0 heterocycles. The van der Waals surface area contributed by atoms with Gasteiger partial charge < -0.3 is 39.0 Å². The first-order valence-corrected chi connectivity index (χ1v) is 23.0. The highest BCUT2D eigenvalue weighted by Gasteiger charge is 2.39. The zero-order valence-corrected chi connectivity index (χ0v) is 29.3. The predicted octanol–water partition coefficient (Wildman–Crippen LogP) is 3.75. The van der Waals surface area contributed by atoms with Gasteiger partial charge in [-0.15, -0.1) is 0 Å². The highest BCUT2D eigenvalue weighted by atomic mass is 28.5. The van der Waals surface area contributed by atoms with E-state index < -0.39 is 37.1 Å². The SMILES string of the molecule is C=C(C)C(=O)OCCNC(=O)NCCC[Si](C)(C)O[Si](C)(C)O[Si](C)(C)CCCNC(=O)NCCOC(=O)C(=C)C. The quantitative estimate of drug-likeness (QED) is 0.0685. The second-order valence-corrected chi connectivity index (χ2v) is 24.0. The molecule has 0 spiro atoms. The van der Waals surface area contributed by atoms with Crippen molar-refractivity contribution in [3.8, 4) is 0 Å². The summed E-state index contributed by atoms with van der Waals surface area (Å²) in [4.78, 5) is 46.5. The van der Waals surface area contributed by atoms with E-state index in [1.807, 2.05) is 0 Å². The van der Waals surface area contributed by atoms with E-state index >= 15 is 0 Å². The zero-order chi connectivity index (χ0) is 31.7. The fraction of sp³-hybridized carbons (Fsp3) is 0.692. The Bertz CT molecular complexity index is 843. The molecule has 0 unspecified atom stereocenters. The van der Waals surface area contributed by atoms with Crippen LogP contribution in [-0.2, 0) is 27.3 Å². The molecule has 0 aliphatic heterocycles. The molecule has 12 nitrogen and oxygen atoms in total. The summed E-state index contributed by atoms with van der Waals surface area (Å²) >= 11 is 0. The molecule has 41 heavy (non-hydrogen) atoms. The minimum absolute atomic E-state index is 0.0918. The molecule has 0 saturated heterocycles. The number of hydrogen-bond donors (Lipinski definition) is 4. The van der Waals surface area contributed by atoms with Crippen molar-refractivity contribution in [3.63, 3.8) is 0 Å². The van der Waals surface area contributed by atoms with E-state index in [4.69, 9.17) is 17.7 Å². The van der Waals surface area contributed by atoms with Gasteiger partial charge in [0.1, 0.15) is 13.2 Å². The Kier molecular flexibility index (Phi) is 17.7. The van der Waals surface area contributed by atoms with Crippen LogP contribution in [0.2, 0.25) is 51.4 Å². The number of amides is 4. The van der Waals surface area contributed by atoms with Gasteiger partial charge in [0.05, 0.1) is 13.1 Å². The first kappa shape index (κ1) is 38.5. The molecular formula is C26H52N4O8Si3. The lowest BCUT2D eigenvalue weighted by Gasteiger charge is -2.38. The maximum absolute atomic E-state index is 11.9. The predicted molar refractivity (Wildman–Crippen MR) is 168 cm³/mol. The van der Waals surface area contributed by atoms with Crippen molar-refractivity contribution in [2.24, 2.45) is 0 Å². The van der Waals surface area contributed by atoms with Gasteiger partial charge in [-0.05, 0) is 78.1 Å². The van der Waals surface area contributed by atoms with E-state index in [1.54, 1.807) is 13.8 Å². The van der Waals surface area contributed by atoms with Gasteiger partial charge in [-0.25, -0.2) is 19.2 Å². The van der Waals surface area contributed by atoms with Gasteiger partial charge in [-0.1, -0.05) is 13.2 Å². The van der Waals surface area contributed by atoms with Crippen LogP contribution < -0.4 is 21.3 Å². The Hall–Kier alpha value is -2.47.